The second kappa shape index (κ2) is 17.4. The highest BCUT2D eigenvalue weighted by Crippen LogP contribution is 1.74. The Labute approximate surface area is 81.2 Å². The van der Waals surface area contributed by atoms with E-state index in [1.54, 1.807) is 6.08 Å². The number of carbonyl (C=O) groups excluding carboxylic acids is 1. The predicted molar refractivity (Wildman–Crippen MR) is 54.7 cm³/mol. The molecule has 0 fully saturated rings. The lowest BCUT2D eigenvalue weighted by Crippen LogP contribution is -2.12. The maximum Gasteiger partial charge on any atom is 0.145 e. The van der Waals surface area contributed by atoms with Gasteiger partial charge < -0.3 is 20.0 Å². The molecule has 13 heavy (non-hydrogen) atoms. The maximum absolute atomic E-state index is 9.71. The summed E-state index contributed by atoms with van der Waals surface area (Å²) in [6.07, 6.45) is 2.46. The van der Waals surface area contributed by atoms with Gasteiger partial charge in [-0.2, -0.15) is 0 Å². The molecule has 80 valence electrons. The number of rotatable bonds is 7. The molecule has 0 aromatic heterocycles. The van der Waals surface area contributed by atoms with Gasteiger partial charge in [0.1, 0.15) is 12.9 Å². The molecule has 0 aliphatic rings. The summed E-state index contributed by atoms with van der Waals surface area (Å²) in [6, 6.07) is 0. The van der Waals surface area contributed by atoms with E-state index >= 15 is 0 Å². The zero-order valence-corrected chi connectivity index (χ0v) is 8.20. The zero-order chi connectivity index (χ0) is 10.4. The van der Waals surface area contributed by atoms with Gasteiger partial charge in [0.25, 0.3) is 0 Å². The minimum Gasteiger partial charge on any atom is -0.378 e. The molecule has 0 rings (SSSR count). The van der Waals surface area contributed by atoms with Crippen molar-refractivity contribution >= 4 is 6.29 Å². The molecule has 0 aliphatic heterocycles. The minimum atomic E-state index is 0. The second-order valence-electron chi connectivity index (χ2n) is 2.05. The van der Waals surface area contributed by atoms with E-state index in [0.717, 1.165) is 0 Å². The van der Waals surface area contributed by atoms with Crippen LogP contribution in [-0.2, 0) is 14.3 Å². The Hall–Kier alpha value is -0.710. The first-order valence-electron chi connectivity index (χ1n) is 4.19. The van der Waals surface area contributed by atoms with Crippen LogP contribution < -0.4 is 5.73 Å². The van der Waals surface area contributed by atoms with Crippen molar-refractivity contribution in [2.45, 2.75) is 6.92 Å². The monoisotopic (exact) mass is 191 g/mol. The average Bonchev–Trinajstić information content (AvgIpc) is 2.13. The van der Waals surface area contributed by atoms with Gasteiger partial charge in [0.15, 0.2) is 0 Å². The molecule has 0 atom stereocenters. The molecule has 0 unspecified atom stereocenters. The Balaban J connectivity index is -0.000000267. The highest BCUT2D eigenvalue weighted by Gasteiger charge is 1.85. The topological polar surface area (TPSA) is 61.6 Å². The number of nitrogens with two attached hydrogens (primary N) is 1. The van der Waals surface area contributed by atoms with Crippen LogP contribution in [0.5, 0.6) is 0 Å². The third kappa shape index (κ3) is 24.6. The number of carbonyl (C=O) groups is 1. The van der Waals surface area contributed by atoms with E-state index in [1.807, 2.05) is 6.92 Å². The quantitative estimate of drug-likeness (QED) is 0.364. The van der Waals surface area contributed by atoms with Crippen LogP contribution in [0.25, 0.3) is 0 Å². The molecule has 0 aromatic carbocycles. The standard InChI is InChI=1S/C6H13NO3.C3H6.H2/c7-1-3-9-5-6-10-4-2-8;1-3-2;/h2H,1,3-7H2;3H,1H2,2H3;1H. The van der Waals surface area contributed by atoms with Gasteiger partial charge in [0, 0.05) is 7.97 Å². The summed E-state index contributed by atoms with van der Waals surface area (Å²) >= 11 is 0. The fourth-order valence-electron chi connectivity index (χ4n) is 0.435. The van der Waals surface area contributed by atoms with Crippen molar-refractivity contribution in [3.63, 3.8) is 0 Å². The van der Waals surface area contributed by atoms with E-state index < -0.39 is 0 Å². The number of allylic oxidation sites excluding steroid dienone is 1. The molecule has 4 heteroatoms. The molecule has 4 nitrogen and oxygen atoms in total. The molecule has 0 radical (unpaired) electrons. The second-order valence-corrected chi connectivity index (χ2v) is 2.05. The number of aldehydes is 1. The summed E-state index contributed by atoms with van der Waals surface area (Å²) in [5, 5.41) is 0. The minimum absolute atomic E-state index is 0. The molecule has 0 aromatic rings. The van der Waals surface area contributed by atoms with E-state index in [-0.39, 0.29) is 8.03 Å². The van der Waals surface area contributed by atoms with E-state index in [0.29, 0.717) is 32.7 Å². The normalized spacial score (nSPS) is 8.46. The average molecular weight is 191 g/mol. The van der Waals surface area contributed by atoms with Crippen molar-refractivity contribution < 1.29 is 15.7 Å². The Bertz CT molecular complexity index is 112. The Morgan fingerprint density at radius 1 is 1.38 bits per heavy atom. The van der Waals surface area contributed by atoms with Gasteiger partial charge in [-0.25, -0.2) is 0 Å². The lowest BCUT2D eigenvalue weighted by Gasteiger charge is -2.00. The van der Waals surface area contributed by atoms with Gasteiger partial charge in [0.2, 0.25) is 0 Å². The highest BCUT2D eigenvalue weighted by atomic mass is 16.5. The molecule has 0 saturated carbocycles. The third-order valence-electron chi connectivity index (χ3n) is 0.820. The number of hydrogen-bond donors (Lipinski definition) is 1. The van der Waals surface area contributed by atoms with Crippen LogP contribution in [-0.4, -0.2) is 39.3 Å². The van der Waals surface area contributed by atoms with Crippen LogP contribution >= 0.6 is 0 Å². The van der Waals surface area contributed by atoms with Crippen molar-refractivity contribution in [3.05, 3.63) is 12.7 Å². The molecular formula is C9H21NO3. The van der Waals surface area contributed by atoms with Crippen molar-refractivity contribution in [2.75, 3.05) is 33.0 Å². The van der Waals surface area contributed by atoms with Gasteiger partial charge in [0.05, 0.1) is 19.8 Å². The van der Waals surface area contributed by atoms with E-state index in [1.165, 1.54) is 0 Å². The summed E-state index contributed by atoms with van der Waals surface area (Å²) in [5.74, 6) is 0. The lowest BCUT2D eigenvalue weighted by molar-refractivity contribution is -0.112. The van der Waals surface area contributed by atoms with Gasteiger partial charge in [-0.05, 0) is 6.92 Å². The van der Waals surface area contributed by atoms with E-state index in [4.69, 9.17) is 15.2 Å². The molecule has 2 N–H and O–H groups in total. The fraction of sp³-hybridized carbons (Fsp3) is 0.667. The SMILES string of the molecule is C=CC.NCCOCCOCC=O.[HH]. The molecule has 0 bridgehead atoms. The summed E-state index contributed by atoms with van der Waals surface area (Å²) in [5.41, 5.74) is 5.15. The molecule has 0 spiro atoms. The van der Waals surface area contributed by atoms with Crippen LogP contribution in [0.3, 0.4) is 0 Å². The molecule has 0 heterocycles. The van der Waals surface area contributed by atoms with Gasteiger partial charge >= 0.3 is 0 Å². The van der Waals surface area contributed by atoms with Crippen molar-refractivity contribution in [3.8, 4) is 0 Å². The molecular weight excluding hydrogens is 170 g/mol. The number of hydrogen-bond acceptors (Lipinski definition) is 4. The van der Waals surface area contributed by atoms with Crippen molar-refractivity contribution in [1.82, 2.24) is 0 Å². The van der Waals surface area contributed by atoms with E-state index in [9.17, 15) is 4.79 Å². The Morgan fingerprint density at radius 2 is 1.92 bits per heavy atom. The largest absolute Gasteiger partial charge is 0.378 e. The first-order chi connectivity index (χ1) is 6.33. The van der Waals surface area contributed by atoms with Crippen molar-refractivity contribution in [2.24, 2.45) is 5.73 Å². The van der Waals surface area contributed by atoms with Crippen molar-refractivity contribution in [1.29, 1.82) is 0 Å². The maximum atomic E-state index is 9.71. The van der Waals surface area contributed by atoms with Crippen LogP contribution in [0.15, 0.2) is 12.7 Å². The highest BCUT2D eigenvalue weighted by molar-refractivity contribution is 5.50. The van der Waals surface area contributed by atoms with Gasteiger partial charge in [-0.3, -0.25) is 0 Å². The van der Waals surface area contributed by atoms with Crippen LogP contribution in [0.4, 0.5) is 0 Å². The van der Waals surface area contributed by atoms with Gasteiger partial charge in [-0.15, -0.1) is 6.58 Å². The molecule has 0 saturated heterocycles. The molecule has 0 amide bonds. The lowest BCUT2D eigenvalue weighted by atomic mass is 10.7. The Kier molecular flexibility index (Phi) is 19.8. The first kappa shape index (κ1) is 14.8. The fourth-order valence-corrected chi connectivity index (χ4v) is 0.435. The first-order valence-corrected chi connectivity index (χ1v) is 4.19. The summed E-state index contributed by atoms with van der Waals surface area (Å²) in [6.45, 7) is 7.42. The Morgan fingerprint density at radius 3 is 2.38 bits per heavy atom. The van der Waals surface area contributed by atoms with Crippen LogP contribution in [0.2, 0.25) is 0 Å². The zero-order valence-electron chi connectivity index (χ0n) is 8.20. The smallest absolute Gasteiger partial charge is 0.145 e. The summed E-state index contributed by atoms with van der Waals surface area (Å²) in [7, 11) is 0. The van der Waals surface area contributed by atoms with Crippen LogP contribution in [0.1, 0.15) is 8.35 Å². The van der Waals surface area contributed by atoms with Gasteiger partial charge in [-0.1, -0.05) is 6.08 Å². The summed E-state index contributed by atoms with van der Waals surface area (Å²) in [4.78, 5) is 9.71. The van der Waals surface area contributed by atoms with E-state index in [2.05, 4.69) is 6.58 Å². The summed E-state index contributed by atoms with van der Waals surface area (Å²) < 4.78 is 9.76. The number of ether oxygens (including phenoxy) is 2. The van der Waals surface area contributed by atoms with Crippen LogP contribution in [0, 0.1) is 0 Å². The third-order valence-corrected chi connectivity index (χ3v) is 0.820. The predicted octanol–water partition coefficient (Wildman–Crippen LogP) is 0.615. The molecule has 0 aliphatic carbocycles.